The molecule has 1 N–H and O–H groups in total. The standard InChI is InChI=1S/C21H29N5OS/c1-3-26-20(23-24-21(26)28-2)16-9-11-25(12-10-16)14-19(27)22-18-8-7-15-5-4-6-17(15)13-18/h7-8,13,16H,3-6,9-12,14H2,1-2H3,(H,22,27). The molecule has 1 fully saturated rings. The fourth-order valence-electron chi connectivity index (χ4n) is 4.45. The first-order chi connectivity index (χ1) is 13.7. The number of piperidine rings is 1. The van der Waals surface area contributed by atoms with E-state index in [1.54, 1.807) is 11.8 Å². The molecule has 2 aromatic rings. The molecule has 0 saturated carbocycles. The van der Waals surface area contributed by atoms with Crippen LogP contribution < -0.4 is 5.32 Å². The number of hydrogen-bond acceptors (Lipinski definition) is 5. The molecule has 7 heteroatoms. The smallest absolute Gasteiger partial charge is 0.238 e. The Morgan fingerprint density at radius 1 is 1.21 bits per heavy atom. The minimum atomic E-state index is 0.0813. The Kier molecular flexibility index (Phi) is 6.01. The third-order valence-corrected chi connectivity index (χ3v) is 6.61. The van der Waals surface area contributed by atoms with E-state index in [2.05, 4.69) is 44.0 Å². The molecule has 1 aromatic heterocycles. The zero-order valence-electron chi connectivity index (χ0n) is 16.8. The lowest BCUT2D eigenvalue weighted by atomic mass is 9.96. The van der Waals surface area contributed by atoms with Crippen LogP contribution in [0.5, 0.6) is 0 Å². The summed E-state index contributed by atoms with van der Waals surface area (Å²) in [6, 6.07) is 6.35. The highest BCUT2D eigenvalue weighted by atomic mass is 32.2. The highest BCUT2D eigenvalue weighted by Gasteiger charge is 2.26. The number of nitrogens with one attached hydrogen (secondary N) is 1. The first-order valence-electron chi connectivity index (χ1n) is 10.3. The fourth-order valence-corrected chi connectivity index (χ4v) is 5.02. The van der Waals surface area contributed by atoms with Gasteiger partial charge in [0.25, 0.3) is 0 Å². The van der Waals surface area contributed by atoms with Crippen LogP contribution in [0.2, 0.25) is 0 Å². The number of fused-ring (bicyclic) bond motifs is 1. The second kappa shape index (κ2) is 8.66. The molecule has 1 aromatic carbocycles. The number of likely N-dealkylation sites (tertiary alicyclic amines) is 1. The number of thioether (sulfide) groups is 1. The van der Waals surface area contributed by atoms with Crippen LogP contribution in [0.15, 0.2) is 23.4 Å². The van der Waals surface area contributed by atoms with Gasteiger partial charge in [-0.05, 0) is 81.6 Å². The van der Waals surface area contributed by atoms with Crippen molar-refractivity contribution in [1.29, 1.82) is 0 Å². The number of benzene rings is 1. The van der Waals surface area contributed by atoms with E-state index in [9.17, 15) is 4.79 Å². The number of carbonyl (C=O) groups excluding carboxylic acids is 1. The van der Waals surface area contributed by atoms with E-state index < -0.39 is 0 Å². The number of hydrogen-bond donors (Lipinski definition) is 1. The molecule has 1 aliphatic heterocycles. The van der Waals surface area contributed by atoms with Gasteiger partial charge in [0.15, 0.2) is 5.16 Å². The largest absolute Gasteiger partial charge is 0.325 e. The molecule has 4 rings (SSSR count). The molecule has 0 bridgehead atoms. The van der Waals surface area contributed by atoms with Crippen molar-refractivity contribution < 1.29 is 4.79 Å². The Bertz CT molecular complexity index is 841. The molecule has 1 amide bonds. The van der Waals surface area contributed by atoms with E-state index in [0.717, 1.165) is 55.6 Å². The van der Waals surface area contributed by atoms with Crippen molar-refractivity contribution in [2.45, 2.75) is 56.6 Å². The summed E-state index contributed by atoms with van der Waals surface area (Å²) in [5, 5.41) is 12.8. The minimum Gasteiger partial charge on any atom is -0.325 e. The molecule has 0 radical (unpaired) electrons. The normalized spacial score (nSPS) is 17.6. The van der Waals surface area contributed by atoms with E-state index >= 15 is 0 Å². The van der Waals surface area contributed by atoms with E-state index in [1.165, 1.54) is 24.0 Å². The van der Waals surface area contributed by atoms with E-state index in [1.807, 2.05) is 12.3 Å². The summed E-state index contributed by atoms with van der Waals surface area (Å²) >= 11 is 1.65. The van der Waals surface area contributed by atoms with Crippen LogP contribution in [0.3, 0.4) is 0 Å². The molecule has 2 aliphatic rings. The lowest BCUT2D eigenvalue weighted by Crippen LogP contribution is -2.39. The van der Waals surface area contributed by atoms with Gasteiger partial charge in [-0.15, -0.1) is 10.2 Å². The van der Waals surface area contributed by atoms with Gasteiger partial charge in [-0.25, -0.2) is 0 Å². The number of amides is 1. The molecule has 0 spiro atoms. The third-order valence-electron chi connectivity index (χ3n) is 5.95. The minimum absolute atomic E-state index is 0.0813. The van der Waals surface area contributed by atoms with Crippen molar-refractivity contribution >= 4 is 23.4 Å². The first-order valence-corrected chi connectivity index (χ1v) is 11.5. The monoisotopic (exact) mass is 399 g/mol. The van der Waals surface area contributed by atoms with Crippen LogP contribution in [0.25, 0.3) is 0 Å². The van der Waals surface area contributed by atoms with Gasteiger partial charge in [0.2, 0.25) is 5.91 Å². The van der Waals surface area contributed by atoms with Crippen molar-refractivity contribution in [3.63, 3.8) is 0 Å². The van der Waals surface area contributed by atoms with Gasteiger partial charge < -0.3 is 9.88 Å². The maximum absolute atomic E-state index is 12.5. The Morgan fingerprint density at radius 2 is 2.00 bits per heavy atom. The summed E-state index contributed by atoms with van der Waals surface area (Å²) in [6.07, 6.45) is 7.63. The predicted molar refractivity (Wildman–Crippen MR) is 113 cm³/mol. The third kappa shape index (κ3) is 4.10. The predicted octanol–water partition coefficient (Wildman–Crippen LogP) is 3.33. The zero-order valence-corrected chi connectivity index (χ0v) is 17.6. The highest BCUT2D eigenvalue weighted by Crippen LogP contribution is 2.29. The maximum Gasteiger partial charge on any atom is 0.238 e. The number of nitrogens with zero attached hydrogens (tertiary/aromatic N) is 4. The summed E-state index contributed by atoms with van der Waals surface area (Å²) in [7, 11) is 0. The SMILES string of the molecule is CCn1c(SC)nnc1C1CCN(CC(=O)Nc2ccc3c(c2)CCC3)CC1. The summed E-state index contributed by atoms with van der Waals surface area (Å²) in [4.78, 5) is 14.7. The zero-order chi connectivity index (χ0) is 19.5. The molecule has 28 heavy (non-hydrogen) atoms. The lowest BCUT2D eigenvalue weighted by Gasteiger charge is -2.31. The molecule has 0 atom stereocenters. The van der Waals surface area contributed by atoms with E-state index in [0.29, 0.717) is 12.5 Å². The van der Waals surface area contributed by atoms with Gasteiger partial charge in [-0.3, -0.25) is 9.69 Å². The van der Waals surface area contributed by atoms with Gasteiger partial charge in [0.05, 0.1) is 6.54 Å². The van der Waals surface area contributed by atoms with Crippen molar-refractivity contribution in [1.82, 2.24) is 19.7 Å². The fraction of sp³-hybridized carbons (Fsp3) is 0.571. The van der Waals surface area contributed by atoms with E-state index in [-0.39, 0.29) is 5.91 Å². The van der Waals surface area contributed by atoms with Gasteiger partial charge in [-0.1, -0.05) is 17.8 Å². The molecule has 150 valence electrons. The van der Waals surface area contributed by atoms with Crippen LogP contribution >= 0.6 is 11.8 Å². The second-order valence-electron chi connectivity index (χ2n) is 7.72. The summed E-state index contributed by atoms with van der Waals surface area (Å²) in [5.41, 5.74) is 3.76. The topological polar surface area (TPSA) is 63.1 Å². The molecule has 1 saturated heterocycles. The maximum atomic E-state index is 12.5. The van der Waals surface area contributed by atoms with Crippen LogP contribution in [-0.2, 0) is 24.2 Å². The van der Waals surface area contributed by atoms with Gasteiger partial charge in [0, 0.05) is 18.2 Å². The number of anilines is 1. The Labute approximate surface area is 171 Å². The highest BCUT2D eigenvalue weighted by molar-refractivity contribution is 7.98. The number of rotatable bonds is 6. The van der Waals surface area contributed by atoms with Gasteiger partial charge in [0.1, 0.15) is 5.82 Å². The molecular formula is C21H29N5OS. The van der Waals surface area contributed by atoms with Crippen molar-refractivity contribution in [3.05, 3.63) is 35.2 Å². The van der Waals surface area contributed by atoms with Crippen LogP contribution in [0, 0.1) is 0 Å². The van der Waals surface area contributed by atoms with Crippen molar-refractivity contribution in [3.8, 4) is 0 Å². The molecular weight excluding hydrogens is 370 g/mol. The second-order valence-corrected chi connectivity index (χ2v) is 8.50. The van der Waals surface area contributed by atoms with Crippen LogP contribution in [0.1, 0.15) is 49.1 Å². The molecule has 1 aliphatic carbocycles. The first kappa shape index (κ1) is 19.5. The number of carbonyl (C=O) groups is 1. The van der Waals surface area contributed by atoms with E-state index in [4.69, 9.17) is 0 Å². The average Bonchev–Trinajstić information content (AvgIpc) is 3.34. The van der Waals surface area contributed by atoms with Crippen LogP contribution in [0.4, 0.5) is 5.69 Å². The molecule has 0 unspecified atom stereocenters. The van der Waals surface area contributed by atoms with Crippen molar-refractivity contribution in [2.75, 3.05) is 31.2 Å². The summed E-state index contributed by atoms with van der Waals surface area (Å²) in [5.74, 6) is 1.62. The molecule has 2 heterocycles. The van der Waals surface area contributed by atoms with Gasteiger partial charge in [-0.2, -0.15) is 0 Å². The van der Waals surface area contributed by atoms with Crippen LogP contribution in [-0.4, -0.2) is 51.5 Å². The number of aromatic nitrogens is 3. The van der Waals surface area contributed by atoms with Crippen molar-refractivity contribution in [2.24, 2.45) is 0 Å². The Morgan fingerprint density at radius 3 is 2.75 bits per heavy atom. The Balaban J connectivity index is 1.29. The average molecular weight is 400 g/mol. The summed E-state index contributed by atoms with van der Waals surface area (Å²) in [6.45, 7) is 5.36. The quantitative estimate of drug-likeness (QED) is 0.755. The lowest BCUT2D eigenvalue weighted by molar-refractivity contribution is -0.117. The van der Waals surface area contributed by atoms with Gasteiger partial charge >= 0.3 is 0 Å². The number of aryl methyl sites for hydroxylation is 2. The Hall–Kier alpha value is -1.86. The molecule has 6 nitrogen and oxygen atoms in total. The summed E-state index contributed by atoms with van der Waals surface area (Å²) < 4.78 is 2.23.